The molecule has 0 saturated carbocycles. The molecule has 0 radical (unpaired) electrons. The number of rotatable bonds is 10. The van der Waals surface area contributed by atoms with Crippen molar-refractivity contribution >= 4 is 15.9 Å². The van der Waals surface area contributed by atoms with E-state index in [1.807, 2.05) is 6.92 Å². The van der Waals surface area contributed by atoms with Crippen molar-refractivity contribution in [1.82, 2.24) is 9.62 Å². The second-order valence-electron chi connectivity index (χ2n) is 8.15. The van der Waals surface area contributed by atoms with E-state index in [1.54, 1.807) is 24.3 Å². The van der Waals surface area contributed by atoms with Crippen LogP contribution in [-0.2, 0) is 10.0 Å². The van der Waals surface area contributed by atoms with Gasteiger partial charge in [-0.05, 0) is 50.1 Å². The minimum atomic E-state index is -3.69. The van der Waals surface area contributed by atoms with Crippen LogP contribution in [0.3, 0.4) is 0 Å². The first kappa shape index (κ1) is 25.8. The average molecular weight is 493 g/mol. The zero-order chi connectivity index (χ0) is 24.7. The van der Waals surface area contributed by atoms with Crippen LogP contribution in [0, 0.1) is 0 Å². The Bertz CT molecular complexity index is 1070. The first-order chi connectivity index (χ1) is 16.3. The Morgan fingerprint density at radius 2 is 1.82 bits per heavy atom. The predicted molar refractivity (Wildman–Crippen MR) is 127 cm³/mol. The number of benzene rings is 2. The molecule has 2 N–H and O–H groups in total. The van der Waals surface area contributed by atoms with Crippen LogP contribution < -0.4 is 19.5 Å². The van der Waals surface area contributed by atoms with E-state index in [2.05, 4.69) is 5.32 Å². The lowest BCUT2D eigenvalue weighted by atomic mass is 10.1. The number of piperidine rings is 1. The number of nitrogens with one attached hydrogen (secondary N) is 1. The molecule has 1 amide bonds. The third kappa shape index (κ3) is 5.99. The first-order valence-corrected chi connectivity index (χ1v) is 12.6. The van der Waals surface area contributed by atoms with Gasteiger partial charge in [-0.1, -0.05) is 18.6 Å². The number of ether oxygens (including phenoxy) is 3. The van der Waals surface area contributed by atoms with Gasteiger partial charge in [0.2, 0.25) is 15.8 Å². The molecule has 1 aliphatic heterocycles. The van der Waals surface area contributed by atoms with Gasteiger partial charge in [0.15, 0.2) is 11.5 Å². The summed E-state index contributed by atoms with van der Waals surface area (Å²) >= 11 is 0. The van der Waals surface area contributed by atoms with E-state index in [0.29, 0.717) is 23.8 Å². The fourth-order valence-corrected chi connectivity index (χ4v) is 5.62. The Morgan fingerprint density at radius 1 is 1.15 bits per heavy atom. The molecule has 2 unspecified atom stereocenters. The van der Waals surface area contributed by atoms with Crippen LogP contribution in [-0.4, -0.2) is 69.8 Å². The number of carbonyl (C=O) groups excluding carboxylic acids is 1. The van der Waals surface area contributed by atoms with Gasteiger partial charge >= 0.3 is 0 Å². The van der Waals surface area contributed by atoms with Crippen LogP contribution in [0.4, 0.5) is 0 Å². The lowest BCUT2D eigenvalue weighted by molar-refractivity contribution is 0.0833. The number of hydrogen-bond acceptors (Lipinski definition) is 7. The van der Waals surface area contributed by atoms with Crippen molar-refractivity contribution in [2.45, 2.75) is 43.2 Å². The average Bonchev–Trinajstić information content (AvgIpc) is 2.85. The molecular formula is C24H32N2O7S. The fourth-order valence-electron chi connectivity index (χ4n) is 3.87. The molecule has 186 valence electrons. The maximum absolute atomic E-state index is 13.1. The third-order valence-electron chi connectivity index (χ3n) is 5.75. The van der Waals surface area contributed by atoms with E-state index in [9.17, 15) is 18.3 Å². The molecular weight excluding hydrogens is 460 g/mol. The van der Waals surface area contributed by atoms with E-state index in [1.165, 1.54) is 36.7 Å². The molecule has 0 aliphatic carbocycles. The number of amides is 1. The van der Waals surface area contributed by atoms with Crippen LogP contribution in [0.1, 0.15) is 36.5 Å². The number of aliphatic hydroxyl groups excluding tert-OH is 1. The van der Waals surface area contributed by atoms with Crippen LogP contribution in [0.5, 0.6) is 17.2 Å². The minimum Gasteiger partial charge on any atom is -0.493 e. The molecule has 0 aromatic heterocycles. The van der Waals surface area contributed by atoms with Gasteiger partial charge in [0, 0.05) is 24.7 Å². The smallest absolute Gasteiger partial charge is 0.251 e. The highest BCUT2D eigenvalue weighted by molar-refractivity contribution is 7.89. The standard InChI is InChI=1S/C24H32N2O7S/c1-17-8-4-5-13-26(17)34(29,30)20-10-6-9-18(14-20)24(28)25-15-19(27)16-33-23-21(31-2)11-7-12-22(23)32-3/h6-7,9-12,14,17,19,27H,4-5,8,13,15-16H2,1-3H3,(H,25,28). The van der Waals surface area contributed by atoms with E-state index in [4.69, 9.17) is 14.2 Å². The number of sulfonamides is 1. The summed E-state index contributed by atoms with van der Waals surface area (Å²) in [6, 6.07) is 11.0. The van der Waals surface area contributed by atoms with Crippen molar-refractivity contribution < 1.29 is 32.5 Å². The number of nitrogens with zero attached hydrogens (tertiary/aromatic N) is 1. The quantitative estimate of drug-likeness (QED) is 0.524. The van der Waals surface area contributed by atoms with E-state index < -0.39 is 22.0 Å². The van der Waals surface area contributed by atoms with Crippen LogP contribution in [0.15, 0.2) is 47.4 Å². The van der Waals surface area contributed by atoms with Crippen LogP contribution in [0.2, 0.25) is 0 Å². The van der Waals surface area contributed by atoms with Gasteiger partial charge in [0.25, 0.3) is 5.91 Å². The molecule has 1 aliphatic rings. The summed E-state index contributed by atoms with van der Waals surface area (Å²) in [5.74, 6) is 0.772. The Kier molecular flexibility index (Phi) is 8.76. The molecule has 0 bridgehead atoms. The molecule has 9 nitrogen and oxygen atoms in total. The fraction of sp³-hybridized carbons (Fsp3) is 0.458. The van der Waals surface area contributed by atoms with E-state index >= 15 is 0 Å². The molecule has 1 saturated heterocycles. The van der Waals surface area contributed by atoms with E-state index in [-0.39, 0.29) is 29.7 Å². The lowest BCUT2D eigenvalue weighted by Gasteiger charge is -2.32. The van der Waals surface area contributed by atoms with Crippen molar-refractivity contribution in [2.75, 3.05) is 33.9 Å². The number of hydrogen-bond donors (Lipinski definition) is 2. The third-order valence-corrected chi connectivity index (χ3v) is 7.76. The topological polar surface area (TPSA) is 114 Å². The van der Waals surface area contributed by atoms with Crippen molar-refractivity contribution in [3.05, 3.63) is 48.0 Å². The highest BCUT2D eigenvalue weighted by Gasteiger charge is 2.31. The van der Waals surface area contributed by atoms with Crippen molar-refractivity contribution in [3.8, 4) is 17.2 Å². The Labute approximate surface area is 200 Å². The van der Waals surface area contributed by atoms with Crippen LogP contribution >= 0.6 is 0 Å². The molecule has 0 spiro atoms. The van der Waals surface area contributed by atoms with Gasteiger partial charge in [-0.15, -0.1) is 0 Å². The van der Waals surface area contributed by atoms with Gasteiger partial charge in [-0.25, -0.2) is 8.42 Å². The predicted octanol–water partition coefficient (Wildman–Crippen LogP) is 2.44. The molecule has 2 atom stereocenters. The zero-order valence-corrected chi connectivity index (χ0v) is 20.5. The summed E-state index contributed by atoms with van der Waals surface area (Å²) in [4.78, 5) is 12.7. The summed E-state index contributed by atoms with van der Waals surface area (Å²) in [6.07, 6.45) is 1.63. The number of para-hydroxylation sites is 1. The summed E-state index contributed by atoms with van der Waals surface area (Å²) < 4.78 is 43.8. The van der Waals surface area contributed by atoms with Crippen molar-refractivity contribution in [2.24, 2.45) is 0 Å². The second kappa shape index (κ2) is 11.5. The number of aliphatic hydroxyl groups is 1. The Morgan fingerprint density at radius 3 is 2.47 bits per heavy atom. The number of methoxy groups -OCH3 is 2. The molecule has 1 heterocycles. The second-order valence-corrected chi connectivity index (χ2v) is 10.0. The first-order valence-electron chi connectivity index (χ1n) is 11.2. The largest absolute Gasteiger partial charge is 0.493 e. The molecule has 34 heavy (non-hydrogen) atoms. The van der Waals surface area contributed by atoms with E-state index in [0.717, 1.165) is 19.3 Å². The molecule has 2 aromatic carbocycles. The highest BCUT2D eigenvalue weighted by Crippen LogP contribution is 2.36. The summed E-state index contributed by atoms with van der Waals surface area (Å²) in [7, 11) is -0.694. The van der Waals surface area contributed by atoms with Gasteiger partial charge in [0.1, 0.15) is 12.7 Å². The molecule has 3 rings (SSSR count). The highest BCUT2D eigenvalue weighted by atomic mass is 32.2. The van der Waals surface area contributed by atoms with Gasteiger partial charge in [0.05, 0.1) is 19.1 Å². The van der Waals surface area contributed by atoms with Gasteiger partial charge in [-0.3, -0.25) is 4.79 Å². The summed E-state index contributed by atoms with van der Waals surface area (Å²) in [5, 5.41) is 12.9. The Balaban J connectivity index is 1.60. The minimum absolute atomic E-state index is 0.0757. The van der Waals surface area contributed by atoms with Crippen molar-refractivity contribution in [3.63, 3.8) is 0 Å². The Hall–Kier alpha value is -2.82. The monoisotopic (exact) mass is 492 g/mol. The van der Waals surface area contributed by atoms with Crippen molar-refractivity contribution in [1.29, 1.82) is 0 Å². The number of carbonyl (C=O) groups is 1. The lowest BCUT2D eigenvalue weighted by Crippen LogP contribution is -2.42. The molecule has 2 aromatic rings. The van der Waals surface area contributed by atoms with Crippen LogP contribution in [0.25, 0.3) is 0 Å². The van der Waals surface area contributed by atoms with Gasteiger partial charge < -0.3 is 24.6 Å². The maximum atomic E-state index is 13.1. The summed E-state index contributed by atoms with van der Waals surface area (Å²) in [5.41, 5.74) is 0.199. The normalized spacial score (nSPS) is 17.6. The molecule has 10 heteroatoms. The molecule has 1 fully saturated rings. The zero-order valence-electron chi connectivity index (χ0n) is 19.7. The summed E-state index contributed by atoms with van der Waals surface area (Å²) in [6.45, 7) is 2.18. The maximum Gasteiger partial charge on any atom is 0.251 e. The SMILES string of the molecule is COc1cccc(OC)c1OCC(O)CNC(=O)c1cccc(S(=O)(=O)N2CCCCC2C)c1. The van der Waals surface area contributed by atoms with Gasteiger partial charge in [-0.2, -0.15) is 4.31 Å².